The van der Waals surface area contributed by atoms with Crippen molar-refractivity contribution in [3.8, 4) is 5.69 Å². The lowest BCUT2D eigenvalue weighted by molar-refractivity contribution is -0.110. The van der Waals surface area contributed by atoms with Crippen molar-refractivity contribution in [3.05, 3.63) is 93.2 Å². The van der Waals surface area contributed by atoms with E-state index in [1.807, 2.05) is 99.3 Å². The highest BCUT2D eigenvalue weighted by Gasteiger charge is 2.17. The summed E-state index contributed by atoms with van der Waals surface area (Å²) in [5.74, 6) is 0. The Labute approximate surface area is 186 Å². The molecule has 0 fully saturated rings. The minimum atomic E-state index is -0.329. The molecule has 0 aliphatic carbocycles. The van der Waals surface area contributed by atoms with E-state index in [0.29, 0.717) is 11.8 Å². The number of nitrogens with one attached hydrogen (secondary N) is 1. The van der Waals surface area contributed by atoms with Gasteiger partial charge in [0.1, 0.15) is 0 Å². The van der Waals surface area contributed by atoms with Gasteiger partial charge < -0.3 is 5.32 Å². The summed E-state index contributed by atoms with van der Waals surface area (Å²) < 4.78 is 3.54. The van der Waals surface area contributed by atoms with Crippen LogP contribution in [-0.2, 0) is 11.8 Å². The average molecular weight is 427 g/mol. The summed E-state index contributed by atoms with van der Waals surface area (Å²) >= 11 is 0. The largest absolute Gasteiger partial charge is 0.351 e. The van der Waals surface area contributed by atoms with E-state index in [9.17, 15) is 9.59 Å². The molecule has 32 heavy (non-hydrogen) atoms. The van der Waals surface area contributed by atoms with E-state index in [-0.39, 0.29) is 11.6 Å². The zero-order chi connectivity index (χ0) is 22.8. The van der Waals surface area contributed by atoms with Gasteiger partial charge in [0, 0.05) is 29.7 Å². The van der Waals surface area contributed by atoms with E-state index >= 15 is 0 Å². The monoisotopic (exact) mass is 426 g/mol. The van der Waals surface area contributed by atoms with Gasteiger partial charge in [-0.25, -0.2) is 0 Å². The third-order valence-corrected chi connectivity index (χ3v) is 5.88. The zero-order valence-corrected chi connectivity index (χ0v) is 18.7. The summed E-state index contributed by atoms with van der Waals surface area (Å²) in [6.07, 6.45) is 4.65. The van der Waals surface area contributed by atoms with E-state index in [4.69, 9.17) is 0 Å². The van der Waals surface area contributed by atoms with Crippen LogP contribution in [0.5, 0.6) is 0 Å². The highest BCUT2D eigenvalue weighted by molar-refractivity contribution is 5.93. The molecule has 0 bridgehead atoms. The van der Waals surface area contributed by atoms with E-state index in [2.05, 4.69) is 10.4 Å². The molecule has 0 radical (unpaired) electrons. The zero-order valence-electron chi connectivity index (χ0n) is 18.7. The first-order chi connectivity index (χ1) is 15.4. The van der Waals surface area contributed by atoms with Crippen LogP contribution in [0.4, 0.5) is 0 Å². The second-order valence-electron chi connectivity index (χ2n) is 7.90. The van der Waals surface area contributed by atoms with Crippen LogP contribution in [0.25, 0.3) is 28.6 Å². The molecule has 1 unspecified atom stereocenters. The fourth-order valence-corrected chi connectivity index (χ4v) is 4.10. The van der Waals surface area contributed by atoms with Gasteiger partial charge in [-0.05, 0) is 49.9 Å². The number of pyridine rings is 1. The number of aromatic nitrogens is 3. The first-order valence-electron chi connectivity index (χ1n) is 10.5. The number of nitrogens with zero attached hydrogens (tertiary/aromatic N) is 3. The van der Waals surface area contributed by atoms with E-state index < -0.39 is 0 Å². The minimum absolute atomic E-state index is 0.122. The quantitative estimate of drug-likeness (QED) is 0.467. The predicted molar refractivity (Wildman–Crippen MR) is 129 cm³/mol. The van der Waals surface area contributed by atoms with Crippen LogP contribution < -0.4 is 10.9 Å². The maximum atomic E-state index is 13.8. The van der Waals surface area contributed by atoms with Crippen molar-refractivity contribution in [2.75, 3.05) is 0 Å². The third-order valence-electron chi connectivity index (χ3n) is 5.88. The van der Waals surface area contributed by atoms with Crippen LogP contribution in [-0.4, -0.2) is 20.8 Å². The molecule has 4 rings (SSSR count). The van der Waals surface area contributed by atoms with E-state index in [1.54, 1.807) is 4.57 Å². The summed E-state index contributed by atoms with van der Waals surface area (Å²) in [4.78, 5) is 24.9. The number of hydrogen-bond donors (Lipinski definition) is 1. The number of rotatable bonds is 6. The number of fused-ring (bicyclic) bond motifs is 1. The molecule has 1 N–H and O–H groups in total. The molecule has 6 nitrogen and oxygen atoms in total. The Morgan fingerprint density at radius 2 is 1.78 bits per heavy atom. The van der Waals surface area contributed by atoms with Crippen LogP contribution in [0, 0.1) is 13.8 Å². The number of carbonyl (C=O) groups is 1. The summed E-state index contributed by atoms with van der Waals surface area (Å²) in [6.45, 7) is 5.87. The molecule has 1 atom stereocenters. The van der Waals surface area contributed by atoms with Crippen LogP contribution in [0.1, 0.15) is 41.2 Å². The number of para-hydroxylation sites is 1. The van der Waals surface area contributed by atoms with Crippen molar-refractivity contribution in [1.82, 2.24) is 19.7 Å². The van der Waals surface area contributed by atoms with Gasteiger partial charge in [0.2, 0.25) is 6.41 Å². The maximum absolute atomic E-state index is 13.8. The highest BCUT2D eigenvalue weighted by atomic mass is 16.1. The first kappa shape index (κ1) is 21.3. The fraction of sp³-hybridized carbons (Fsp3) is 0.192. The van der Waals surface area contributed by atoms with Crippen molar-refractivity contribution in [1.29, 1.82) is 0 Å². The number of carbonyl (C=O) groups excluding carboxylic acids is 1. The third kappa shape index (κ3) is 3.75. The van der Waals surface area contributed by atoms with Gasteiger partial charge in [0.15, 0.2) is 0 Å². The number of hydrogen-bond acceptors (Lipinski definition) is 3. The van der Waals surface area contributed by atoms with Crippen molar-refractivity contribution >= 4 is 29.3 Å². The number of benzene rings is 2. The van der Waals surface area contributed by atoms with Crippen molar-refractivity contribution in [3.63, 3.8) is 0 Å². The molecule has 0 saturated carbocycles. The molecule has 2 aromatic heterocycles. The second-order valence-corrected chi connectivity index (χ2v) is 7.90. The smallest absolute Gasteiger partial charge is 0.263 e. The number of aryl methyl sites for hydroxylation is 2. The van der Waals surface area contributed by atoms with Crippen LogP contribution in [0.2, 0.25) is 0 Å². The molecule has 2 heterocycles. The molecular formula is C26H26N4O2. The van der Waals surface area contributed by atoms with Gasteiger partial charge in [0.25, 0.3) is 5.56 Å². The van der Waals surface area contributed by atoms with E-state index in [0.717, 1.165) is 39.3 Å². The number of amides is 1. The molecule has 4 aromatic rings. The summed E-state index contributed by atoms with van der Waals surface area (Å²) in [5.41, 5.74) is 5.25. The molecule has 0 aliphatic rings. The summed E-state index contributed by atoms with van der Waals surface area (Å²) in [6, 6.07) is 17.0. The lowest BCUT2D eigenvalue weighted by Crippen LogP contribution is -2.28. The topological polar surface area (TPSA) is 68.9 Å². The van der Waals surface area contributed by atoms with Gasteiger partial charge in [-0.3, -0.25) is 18.8 Å². The van der Waals surface area contributed by atoms with Gasteiger partial charge in [0.05, 0.1) is 17.1 Å². The fourth-order valence-electron chi connectivity index (χ4n) is 4.10. The molecule has 0 aliphatic heterocycles. The van der Waals surface area contributed by atoms with Crippen molar-refractivity contribution < 1.29 is 4.79 Å². The van der Waals surface area contributed by atoms with Gasteiger partial charge in [-0.1, -0.05) is 48.6 Å². The first-order valence-corrected chi connectivity index (χ1v) is 10.5. The molecule has 162 valence electrons. The van der Waals surface area contributed by atoms with Gasteiger partial charge in [-0.15, -0.1) is 0 Å². The summed E-state index contributed by atoms with van der Waals surface area (Å²) in [5, 5.41) is 8.71. The maximum Gasteiger partial charge on any atom is 0.263 e. The lowest BCUT2D eigenvalue weighted by atomic mass is 10.0. The Morgan fingerprint density at radius 1 is 1.03 bits per heavy atom. The Bertz CT molecular complexity index is 1380. The lowest BCUT2D eigenvalue weighted by Gasteiger charge is -2.20. The summed E-state index contributed by atoms with van der Waals surface area (Å²) in [7, 11) is 1.92. The van der Waals surface area contributed by atoms with Crippen molar-refractivity contribution in [2.24, 2.45) is 7.05 Å². The molecular weight excluding hydrogens is 400 g/mol. The SMILES string of the molecule is Cc1nn(C)c(C)c1/C=C/c1cccc2cc(C(C)NC=O)n(-c3ccccc3)c(=O)c12. The Morgan fingerprint density at radius 3 is 2.44 bits per heavy atom. The van der Waals surface area contributed by atoms with Crippen LogP contribution in [0.3, 0.4) is 0 Å². The molecule has 2 aromatic carbocycles. The highest BCUT2D eigenvalue weighted by Crippen LogP contribution is 2.25. The Kier molecular flexibility index (Phi) is 5.77. The molecule has 0 spiro atoms. The van der Waals surface area contributed by atoms with Crippen LogP contribution >= 0.6 is 0 Å². The predicted octanol–water partition coefficient (Wildman–Crippen LogP) is 4.32. The molecule has 6 heteroatoms. The standard InChI is InChI=1S/C26H26N4O2/c1-17-23(19(3)29(4)28-17)14-13-20-9-8-10-21-15-24(18(2)27-16-31)30(26(32)25(20)21)22-11-6-5-7-12-22/h5-16,18H,1-4H3,(H,27,31)/b14-13+. The molecule has 0 saturated heterocycles. The van der Waals surface area contributed by atoms with Crippen LogP contribution in [0.15, 0.2) is 59.4 Å². The second kappa shape index (κ2) is 8.67. The van der Waals surface area contributed by atoms with Crippen molar-refractivity contribution in [2.45, 2.75) is 26.8 Å². The van der Waals surface area contributed by atoms with E-state index in [1.165, 1.54) is 0 Å². The average Bonchev–Trinajstić information content (AvgIpc) is 3.03. The normalized spacial score (nSPS) is 12.4. The Balaban J connectivity index is 1.97. The Hall–Kier alpha value is -3.93. The van der Waals surface area contributed by atoms with Gasteiger partial charge >= 0.3 is 0 Å². The van der Waals surface area contributed by atoms with Gasteiger partial charge in [-0.2, -0.15) is 5.10 Å². The molecule has 1 amide bonds. The minimum Gasteiger partial charge on any atom is -0.351 e.